The zero-order valence-corrected chi connectivity index (χ0v) is 12.5. The van der Waals surface area contributed by atoms with Gasteiger partial charge >= 0.3 is 0 Å². The maximum absolute atomic E-state index is 6.58. The van der Waals surface area contributed by atoms with Crippen molar-refractivity contribution in [3.05, 3.63) is 11.9 Å². The fourth-order valence-electron chi connectivity index (χ4n) is 3.52. The maximum Gasteiger partial charge on any atom is 0.0843 e. The number of rotatable bonds is 6. The largest absolute Gasteiger partial charge is 0.326 e. The van der Waals surface area contributed by atoms with Crippen molar-refractivity contribution in [2.24, 2.45) is 12.8 Å². The summed E-state index contributed by atoms with van der Waals surface area (Å²) in [7, 11) is 1.90. The lowest BCUT2D eigenvalue weighted by Crippen LogP contribution is -2.59. The van der Waals surface area contributed by atoms with Crippen LogP contribution in [0.3, 0.4) is 0 Å². The minimum Gasteiger partial charge on any atom is -0.326 e. The van der Waals surface area contributed by atoms with Gasteiger partial charge in [0.1, 0.15) is 0 Å². The zero-order valence-electron chi connectivity index (χ0n) is 12.5. The Labute approximate surface area is 116 Å². The average molecular weight is 265 g/mol. The number of aromatic nitrogens is 3. The Balaban J connectivity index is 2.13. The average Bonchev–Trinajstić information content (AvgIpc) is 3.04. The lowest BCUT2D eigenvalue weighted by atomic mass is 9.81. The van der Waals surface area contributed by atoms with Gasteiger partial charge in [-0.25, -0.2) is 0 Å². The minimum atomic E-state index is 0.119. The highest BCUT2D eigenvalue weighted by atomic mass is 15.4. The van der Waals surface area contributed by atoms with Crippen LogP contribution in [-0.2, 0) is 13.5 Å². The molecule has 1 fully saturated rings. The molecule has 1 aliphatic heterocycles. The van der Waals surface area contributed by atoms with Gasteiger partial charge in [-0.3, -0.25) is 9.58 Å². The molecular formula is C14H27N5. The molecule has 0 spiro atoms. The van der Waals surface area contributed by atoms with Crippen molar-refractivity contribution in [3.63, 3.8) is 0 Å². The number of hydrogen-bond acceptors (Lipinski definition) is 4. The molecule has 1 saturated heterocycles. The van der Waals surface area contributed by atoms with Crippen LogP contribution in [0.2, 0.25) is 0 Å². The van der Waals surface area contributed by atoms with E-state index in [2.05, 4.69) is 29.1 Å². The van der Waals surface area contributed by atoms with Crippen LogP contribution < -0.4 is 5.73 Å². The van der Waals surface area contributed by atoms with Crippen LogP contribution in [0.15, 0.2) is 6.20 Å². The quantitative estimate of drug-likeness (QED) is 0.843. The second kappa shape index (κ2) is 6.01. The van der Waals surface area contributed by atoms with Crippen LogP contribution in [-0.4, -0.2) is 44.6 Å². The normalized spacial score (nSPS) is 18.9. The van der Waals surface area contributed by atoms with E-state index in [1.54, 1.807) is 4.68 Å². The SMILES string of the molecule is CCC(CC)(C(N)Cc1cn(C)nn1)N1CCCC1. The third-order valence-corrected chi connectivity index (χ3v) is 4.73. The van der Waals surface area contributed by atoms with Crippen molar-refractivity contribution >= 4 is 0 Å². The van der Waals surface area contributed by atoms with Crippen molar-refractivity contribution in [1.82, 2.24) is 19.9 Å². The fourth-order valence-corrected chi connectivity index (χ4v) is 3.52. The van der Waals surface area contributed by atoms with E-state index in [9.17, 15) is 0 Å². The molecule has 0 amide bonds. The van der Waals surface area contributed by atoms with Crippen LogP contribution in [0, 0.1) is 0 Å². The second-order valence-electron chi connectivity index (χ2n) is 5.70. The first-order valence-corrected chi connectivity index (χ1v) is 7.48. The highest BCUT2D eigenvalue weighted by Crippen LogP contribution is 2.31. The topological polar surface area (TPSA) is 60.0 Å². The maximum atomic E-state index is 6.58. The molecule has 2 N–H and O–H groups in total. The monoisotopic (exact) mass is 265 g/mol. The van der Waals surface area contributed by atoms with E-state index in [4.69, 9.17) is 5.73 Å². The molecule has 5 nitrogen and oxygen atoms in total. The minimum absolute atomic E-state index is 0.119. The van der Waals surface area contributed by atoms with E-state index in [1.165, 1.54) is 25.9 Å². The number of nitrogens with two attached hydrogens (primary N) is 1. The first-order valence-electron chi connectivity index (χ1n) is 7.48. The van der Waals surface area contributed by atoms with E-state index >= 15 is 0 Å². The van der Waals surface area contributed by atoms with E-state index in [1.807, 2.05) is 13.2 Å². The molecular weight excluding hydrogens is 238 g/mol. The Hall–Kier alpha value is -0.940. The Morgan fingerprint density at radius 1 is 1.32 bits per heavy atom. The molecule has 1 aromatic heterocycles. The third-order valence-electron chi connectivity index (χ3n) is 4.73. The Kier molecular flexibility index (Phi) is 4.58. The molecule has 1 aliphatic rings. The van der Waals surface area contributed by atoms with Crippen LogP contribution in [0.1, 0.15) is 45.2 Å². The van der Waals surface area contributed by atoms with Gasteiger partial charge in [-0.05, 0) is 38.8 Å². The van der Waals surface area contributed by atoms with Gasteiger partial charge in [-0.2, -0.15) is 0 Å². The highest BCUT2D eigenvalue weighted by molar-refractivity contribution is 5.05. The molecule has 0 aromatic carbocycles. The predicted molar refractivity (Wildman–Crippen MR) is 76.8 cm³/mol. The predicted octanol–water partition coefficient (Wildman–Crippen LogP) is 1.34. The van der Waals surface area contributed by atoms with E-state index in [0.717, 1.165) is 25.0 Å². The number of nitrogens with zero attached hydrogens (tertiary/aromatic N) is 4. The summed E-state index contributed by atoms with van der Waals surface area (Å²) in [5, 5.41) is 8.18. The zero-order chi connectivity index (χ0) is 13.9. The summed E-state index contributed by atoms with van der Waals surface area (Å²) in [6.07, 6.45) is 7.60. The molecule has 1 unspecified atom stereocenters. The Bertz CT molecular complexity index is 390. The van der Waals surface area contributed by atoms with E-state index < -0.39 is 0 Å². The molecule has 2 heterocycles. The molecule has 1 aromatic rings. The standard InChI is InChI=1S/C14H27N5/c1-4-14(5-2,19-8-6-7-9-19)13(15)10-12-11-18(3)17-16-12/h11,13H,4-10,15H2,1-3H3. The highest BCUT2D eigenvalue weighted by Gasteiger charge is 2.40. The number of aryl methyl sites for hydroxylation is 1. The van der Waals surface area contributed by atoms with E-state index in [-0.39, 0.29) is 11.6 Å². The summed E-state index contributed by atoms with van der Waals surface area (Å²) in [5.74, 6) is 0. The number of likely N-dealkylation sites (tertiary alicyclic amines) is 1. The van der Waals surface area contributed by atoms with Crippen LogP contribution in [0.4, 0.5) is 0 Å². The number of hydrogen-bond donors (Lipinski definition) is 1. The molecule has 1 atom stereocenters. The second-order valence-corrected chi connectivity index (χ2v) is 5.70. The van der Waals surface area contributed by atoms with Gasteiger partial charge in [0, 0.05) is 31.2 Å². The van der Waals surface area contributed by atoms with Gasteiger partial charge in [0.25, 0.3) is 0 Å². The Morgan fingerprint density at radius 3 is 2.42 bits per heavy atom. The molecule has 5 heteroatoms. The molecule has 0 saturated carbocycles. The van der Waals surface area contributed by atoms with Crippen molar-refractivity contribution < 1.29 is 0 Å². The molecule has 0 bridgehead atoms. The molecule has 0 aliphatic carbocycles. The van der Waals surface area contributed by atoms with Crippen molar-refractivity contribution in [2.45, 2.75) is 57.5 Å². The van der Waals surface area contributed by atoms with Gasteiger partial charge < -0.3 is 5.73 Å². The summed E-state index contributed by atoms with van der Waals surface area (Å²) >= 11 is 0. The lowest BCUT2D eigenvalue weighted by Gasteiger charge is -2.45. The van der Waals surface area contributed by atoms with Gasteiger partial charge in [0.15, 0.2) is 0 Å². The smallest absolute Gasteiger partial charge is 0.0843 e. The van der Waals surface area contributed by atoms with Crippen molar-refractivity contribution in [1.29, 1.82) is 0 Å². The fraction of sp³-hybridized carbons (Fsp3) is 0.857. The van der Waals surface area contributed by atoms with Gasteiger partial charge in [0.2, 0.25) is 0 Å². The summed E-state index contributed by atoms with van der Waals surface area (Å²) in [6, 6.07) is 0.122. The Morgan fingerprint density at radius 2 is 1.95 bits per heavy atom. The van der Waals surface area contributed by atoms with Crippen LogP contribution >= 0.6 is 0 Å². The van der Waals surface area contributed by atoms with Crippen molar-refractivity contribution in [2.75, 3.05) is 13.1 Å². The third kappa shape index (κ3) is 2.82. The molecule has 2 rings (SSSR count). The lowest BCUT2D eigenvalue weighted by molar-refractivity contribution is 0.0765. The van der Waals surface area contributed by atoms with E-state index in [0.29, 0.717) is 0 Å². The van der Waals surface area contributed by atoms with Crippen LogP contribution in [0.5, 0.6) is 0 Å². The summed E-state index contributed by atoms with van der Waals surface area (Å²) in [4.78, 5) is 2.61. The summed E-state index contributed by atoms with van der Waals surface area (Å²) in [5.41, 5.74) is 7.70. The molecule has 0 radical (unpaired) electrons. The van der Waals surface area contributed by atoms with Gasteiger partial charge in [-0.15, -0.1) is 5.10 Å². The molecule has 19 heavy (non-hydrogen) atoms. The first kappa shape index (κ1) is 14.5. The summed E-state index contributed by atoms with van der Waals surface area (Å²) < 4.78 is 1.75. The molecule has 108 valence electrons. The first-order chi connectivity index (χ1) is 9.12. The van der Waals surface area contributed by atoms with Crippen molar-refractivity contribution in [3.8, 4) is 0 Å². The summed E-state index contributed by atoms with van der Waals surface area (Å²) in [6.45, 7) is 6.91. The van der Waals surface area contributed by atoms with Gasteiger partial charge in [0.05, 0.1) is 5.69 Å². The van der Waals surface area contributed by atoms with Crippen LogP contribution in [0.25, 0.3) is 0 Å². The van der Waals surface area contributed by atoms with Gasteiger partial charge in [-0.1, -0.05) is 19.1 Å².